The fourth-order valence-corrected chi connectivity index (χ4v) is 2.02. The van der Waals surface area contributed by atoms with Crippen LogP contribution in [0, 0.1) is 13.8 Å². The van der Waals surface area contributed by atoms with Crippen molar-refractivity contribution in [3.63, 3.8) is 0 Å². The summed E-state index contributed by atoms with van der Waals surface area (Å²) < 4.78 is 5.23. The summed E-state index contributed by atoms with van der Waals surface area (Å²) in [5.74, 6) is 0.886. The van der Waals surface area contributed by atoms with Crippen LogP contribution in [0.1, 0.15) is 30.0 Å². The van der Waals surface area contributed by atoms with E-state index in [0.29, 0.717) is 6.42 Å². The topological polar surface area (TPSA) is 55.5 Å². The van der Waals surface area contributed by atoms with Gasteiger partial charge < -0.3 is 15.6 Å². The van der Waals surface area contributed by atoms with Crippen LogP contribution in [0.4, 0.5) is 0 Å². The van der Waals surface area contributed by atoms with Crippen molar-refractivity contribution in [2.24, 2.45) is 5.73 Å². The van der Waals surface area contributed by atoms with Crippen LogP contribution in [-0.4, -0.2) is 24.4 Å². The molecule has 0 aliphatic heterocycles. The fraction of sp³-hybridized carbons (Fsp3) is 0.571. The second-order valence-corrected chi connectivity index (χ2v) is 4.70. The lowest BCUT2D eigenvalue weighted by Gasteiger charge is -2.17. The summed E-state index contributed by atoms with van der Waals surface area (Å²) in [6, 6.07) is 3.88. The third-order valence-electron chi connectivity index (χ3n) is 3.20. The van der Waals surface area contributed by atoms with Gasteiger partial charge in [-0.15, -0.1) is 0 Å². The number of rotatable bonds is 5. The zero-order chi connectivity index (χ0) is 13.0. The number of ether oxygens (including phenoxy) is 1. The average Bonchev–Trinajstić information content (AvgIpc) is 2.27. The van der Waals surface area contributed by atoms with Crippen molar-refractivity contribution in [2.45, 2.75) is 45.8 Å². The predicted octanol–water partition coefficient (Wildman–Crippen LogP) is 1.95. The minimum absolute atomic E-state index is 0.172. The lowest BCUT2D eigenvalue weighted by molar-refractivity contribution is 0.141. The van der Waals surface area contributed by atoms with Crippen molar-refractivity contribution in [1.29, 1.82) is 0 Å². The van der Waals surface area contributed by atoms with Gasteiger partial charge in [-0.05, 0) is 62.4 Å². The Balaban J connectivity index is 2.78. The summed E-state index contributed by atoms with van der Waals surface area (Å²) in [6.45, 7) is 5.98. The Kier molecular flexibility index (Phi) is 4.97. The van der Waals surface area contributed by atoms with Gasteiger partial charge in [0.2, 0.25) is 0 Å². The monoisotopic (exact) mass is 237 g/mol. The maximum atomic E-state index is 9.72. The van der Waals surface area contributed by atoms with E-state index in [9.17, 15) is 5.11 Å². The molecule has 0 saturated heterocycles. The van der Waals surface area contributed by atoms with E-state index in [1.165, 1.54) is 16.7 Å². The molecule has 0 aliphatic carbocycles. The second-order valence-electron chi connectivity index (χ2n) is 4.70. The maximum Gasteiger partial charge on any atom is 0.119 e. The minimum Gasteiger partial charge on any atom is -0.497 e. The third kappa shape index (κ3) is 3.72. The molecule has 0 radical (unpaired) electrons. The Morgan fingerprint density at radius 1 is 1.29 bits per heavy atom. The van der Waals surface area contributed by atoms with E-state index >= 15 is 0 Å². The number of methoxy groups -OCH3 is 1. The molecule has 1 aromatic carbocycles. The van der Waals surface area contributed by atoms with E-state index in [-0.39, 0.29) is 6.04 Å². The summed E-state index contributed by atoms with van der Waals surface area (Å²) in [6.07, 6.45) is 1.12. The van der Waals surface area contributed by atoms with E-state index in [2.05, 4.69) is 13.8 Å². The van der Waals surface area contributed by atoms with Crippen LogP contribution >= 0.6 is 0 Å². The molecular weight excluding hydrogens is 214 g/mol. The van der Waals surface area contributed by atoms with Crippen molar-refractivity contribution in [1.82, 2.24) is 0 Å². The minimum atomic E-state index is -0.434. The smallest absolute Gasteiger partial charge is 0.119 e. The van der Waals surface area contributed by atoms with Gasteiger partial charge in [0.25, 0.3) is 0 Å². The van der Waals surface area contributed by atoms with E-state index in [1.807, 2.05) is 19.1 Å². The highest BCUT2D eigenvalue weighted by Gasteiger charge is 2.12. The Morgan fingerprint density at radius 3 is 2.24 bits per heavy atom. The summed E-state index contributed by atoms with van der Waals surface area (Å²) in [4.78, 5) is 0. The Hall–Kier alpha value is -1.06. The first-order chi connectivity index (χ1) is 7.95. The maximum absolute atomic E-state index is 9.72. The SMILES string of the molecule is COc1cc(C)c(CCC(O)C(C)N)c(C)c1. The quantitative estimate of drug-likeness (QED) is 0.823. The van der Waals surface area contributed by atoms with Crippen LogP contribution in [0.5, 0.6) is 5.75 Å². The van der Waals surface area contributed by atoms with Gasteiger partial charge >= 0.3 is 0 Å². The summed E-state index contributed by atoms with van der Waals surface area (Å²) in [5.41, 5.74) is 9.35. The number of nitrogens with two attached hydrogens (primary N) is 1. The van der Waals surface area contributed by atoms with E-state index in [4.69, 9.17) is 10.5 Å². The molecule has 0 aromatic heterocycles. The van der Waals surface area contributed by atoms with Crippen molar-refractivity contribution in [3.8, 4) is 5.75 Å². The van der Waals surface area contributed by atoms with E-state index in [0.717, 1.165) is 12.2 Å². The molecule has 3 nitrogen and oxygen atoms in total. The highest BCUT2D eigenvalue weighted by atomic mass is 16.5. The number of benzene rings is 1. The van der Waals surface area contributed by atoms with Gasteiger partial charge in [0.15, 0.2) is 0 Å². The van der Waals surface area contributed by atoms with Gasteiger partial charge in [-0.2, -0.15) is 0 Å². The molecule has 0 spiro atoms. The van der Waals surface area contributed by atoms with Gasteiger partial charge in [0.05, 0.1) is 13.2 Å². The number of aliphatic hydroxyl groups excluding tert-OH is 1. The first-order valence-electron chi connectivity index (χ1n) is 6.03. The molecular formula is C14H23NO2. The summed E-state index contributed by atoms with van der Waals surface area (Å²) in [7, 11) is 1.67. The highest BCUT2D eigenvalue weighted by molar-refractivity contribution is 5.41. The Bertz CT molecular complexity index is 351. The number of aryl methyl sites for hydroxylation is 2. The van der Waals surface area contributed by atoms with Gasteiger partial charge in [-0.1, -0.05) is 0 Å². The van der Waals surface area contributed by atoms with Crippen LogP contribution in [0.15, 0.2) is 12.1 Å². The second kappa shape index (κ2) is 6.03. The molecule has 1 rings (SSSR count). The molecule has 96 valence electrons. The largest absolute Gasteiger partial charge is 0.497 e. The third-order valence-corrected chi connectivity index (χ3v) is 3.20. The Morgan fingerprint density at radius 2 is 1.82 bits per heavy atom. The zero-order valence-corrected chi connectivity index (χ0v) is 11.2. The summed E-state index contributed by atoms with van der Waals surface area (Å²) in [5, 5.41) is 9.72. The molecule has 0 amide bonds. The number of hydrogen-bond donors (Lipinski definition) is 2. The molecule has 2 atom stereocenters. The zero-order valence-electron chi connectivity index (χ0n) is 11.2. The standard InChI is InChI=1S/C14H23NO2/c1-9-7-12(17-4)8-10(2)13(9)5-6-14(16)11(3)15/h7-8,11,14,16H,5-6,15H2,1-4H3. The van der Waals surface area contributed by atoms with Crippen molar-refractivity contribution in [2.75, 3.05) is 7.11 Å². The van der Waals surface area contributed by atoms with E-state index < -0.39 is 6.10 Å². The average molecular weight is 237 g/mol. The first-order valence-corrected chi connectivity index (χ1v) is 6.03. The highest BCUT2D eigenvalue weighted by Crippen LogP contribution is 2.23. The van der Waals surface area contributed by atoms with Crippen LogP contribution in [0.2, 0.25) is 0 Å². The molecule has 3 heteroatoms. The normalized spacial score (nSPS) is 14.5. The summed E-state index contributed by atoms with van der Waals surface area (Å²) >= 11 is 0. The first kappa shape index (κ1) is 14.0. The van der Waals surface area contributed by atoms with Crippen LogP contribution in [0.3, 0.4) is 0 Å². The lowest BCUT2D eigenvalue weighted by atomic mass is 9.95. The molecule has 17 heavy (non-hydrogen) atoms. The van der Waals surface area contributed by atoms with Crippen molar-refractivity contribution in [3.05, 3.63) is 28.8 Å². The van der Waals surface area contributed by atoms with Gasteiger partial charge in [0, 0.05) is 6.04 Å². The van der Waals surface area contributed by atoms with Gasteiger partial charge in [0.1, 0.15) is 5.75 Å². The van der Waals surface area contributed by atoms with Gasteiger partial charge in [-0.25, -0.2) is 0 Å². The van der Waals surface area contributed by atoms with Crippen molar-refractivity contribution >= 4 is 0 Å². The Labute approximate surface area is 104 Å². The van der Waals surface area contributed by atoms with Crippen LogP contribution in [-0.2, 0) is 6.42 Å². The molecule has 1 aromatic rings. The van der Waals surface area contributed by atoms with Crippen LogP contribution in [0.25, 0.3) is 0 Å². The molecule has 0 saturated carbocycles. The molecule has 0 aliphatic rings. The molecule has 0 heterocycles. The molecule has 0 bridgehead atoms. The molecule has 0 fully saturated rings. The lowest BCUT2D eigenvalue weighted by Crippen LogP contribution is -2.31. The predicted molar refractivity (Wildman–Crippen MR) is 70.4 cm³/mol. The molecule has 2 unspecified atom stereocenters. The fourth-order valence-electron chi connectivity index (χ4n) is 2.02. The van der Waals surface area contributed by atoms with Crippen molar-refractivity contribution < 1.29 is 9.84 Å². The molecule has 3 N–H and O–H groups in total. The number of hydrogen-bond acceptors (Lipinski definition) is 3. The number of aliphatic hydroxyl groups is 1. The van der Waals surface area contributed by atoms with Gasteiger partial charge in [-0.3, -0.25) is 0 Å². The van der Waals surface area contributed by atoms with Crippen LogP contribution < -0.4 is 10.5 Å². The van der Waals surface area contributed by atoms with E-state index in [1.54, 1.807) is 7.11 Å².